The van der Waals surface area contributed by atoms with Crippen molar-refractivity contribution in [3.8, 4) is 0 Å². The Morgan fingerprint density at radius 2 is 2.14 bits per heavy atom. The van der Waals surface area contributed by atoms with Crippen LogP contribution in [0.3, 0.4) is 0 Å². The molecule has 1 rings (SSSR count). The monoisotopic (exact) mass is 263 g/mol. The molecule has 0 fully saturated rings. The summed E-state index contributed by atoms with van der Waals surface area (Å²) in [6, 6.07) is 4.25. The molecule has 0 spiro atoms. The van der Waals surface area contributed by atoms with Crippen LogP contribution in [0.1, 0.15) is 12.0 Å². The first-order chi connectivity index (χ1) is 6.63. The third-order valence-corrected chi connectivity index (χ3v) is 2.67. The number of halogens is 3. The molecule has 1 unspecified atom stereocenters. The lowest BCUT2D eigenvalue weighted by Gasteiger charge is -2.08. The van der Waals surface area contributed by atoms with Gasteiger partial charge in [-0.25, -0.2) is 8.78 Å². The van der Waals surface area contributed by atoms with Gasteiger partial charge in [0.05, 0.1) is 0 Å². The van der Waals surface area contributed by atoms with E-state index in [1.165, 1.54) is 12.1 Å². The van der Waals surface area contributed by atoms with E-state index in [1.54, 1.807) is 6.07 Å². The van der Waals surface area contributed by atoms with Crippen molar-refractivity contribution in [1.29, 1.82) is 0 Å². The minimum atomic E-state index is -0.957. The first kappa shape index (κ1) is 11.6. The molecule has 0 saturated heterocycles. The fraction of sp³-hybridized carbons (Fsp3) is 0.400. The number of alkyl halides is 1. The molecule has 0 amide bonds. The fourth-order valence-corrected chi connectivity index (χ4v) is 1.72. The lowest BCUT2D eigenvalue weighted by Crippen LogP contribution is -2.12. The van der Waals surface area contributed by atoms with Gasteiger partial charge in [-0.1, -0.05) is 22.0 Å². The maximum atomic E-state index is 13.2. The van der Waals surface area contributed by atoms with Crippen molar-refractivity contribution >= 4 is 15.9 Å². The standard InChI is InChI=1S/C10H12BrF2N/c11-10-6-8(12)2-1-7(10)5-9(13)3-4-14/h1-2,6,9H,3-5,14H2. The highest BCUT2D eigenvalue weighted by molar-refractivity contribution is 9.10. The molecule has 0 aliphatic rings. The molecule has 1 aromatic carbocycles. The van der Waals surface area contributed by atoms with Crippen LogP contribution in [0, 0.1) is 5.82 Å². The van der Waals surface area contributed by atoms with Crippen LogP contribution in [-0.2, 0) is 6.42 Å². The van der Waals surface area contributed by atoms with Gasteiger partial charge in [-0.15, -0.1) is 0 Å². The molecular formula is C10H12BrF2N. The van der Waals surface area contributed by atoms with Crippen LogP contribution in [0.4, 0.5) is 8.78 Å². The zero-order valence-corrected chi connectivity index (χ0v) is 9.23. The van der Waals surface area contributed by atoms with Crippen LogP contribution in [0.2, 0.25) is 0 Å². The normalized spacial score (nSPS) is 12.9. The van der Waals surface area contributed by atoms with E-state index >= 15 is 0 Å². The van der Waals surface area contributed by atoms with E-state index in [-0.39, 0.29) is 12.2 Å². The molecule has 78 valence electrons. The van der Waals surface area contributed by atoms with Crippen LogP contribution in [0.15, 0.2) is 22.7 Å². The quantitative estimate of drug-likeness (QED) is 0.889. The van der Waals surface area contributed by atoms with Crippen molar-refractivity contribution in [2.75, 3.05) is 6.54 Å². The zero-order valence-electron chi connectivity index (χ0n) is 7.64. The Labute approximate surface area is 90.4 Å². The molecule has 0 radical (unpaired) electrons. The molecule has 1 aromatic rings. The average Bonchev–Trinajstić information content (AvgIpc) is 2.10. The molecule has 0 aromatic heterocycles. The summed E-state index contributed by atoms with van der Waals surface area (Å²) in [4.78, 5) is 0. The average molecular weight is 264 g/mol. The van der Waals surface area contributed by atoms with E-state index < -0.39 is 6.17 Å². The largest absolute Gasteiger partial charge is 0.330 e. The van der Waals surface area contributed by atoms with Gasteiger partial charge >= 0.3 is 0 Å². The molecule has 0 heterocycles. The van der Waals surface area contributed by atoms with Crippen LogP contribution in [0.5, 0.6) is 0 Å². The van der Waals surface area contributed by atoms with Crippen LogP contribution in [0.25, 0.3) is 0 Å². The molecule has 2 N–H and O–H groups in total. The lowest BCUT2D eigenvalue weighted by molar-refractivity contribution is 0.316. The molecule has 0 bridgehead atoms. The predicted molar refractivity (Wildman–Crippen MR) is 56.4 cm³/mol. The van der Waals surface area contributed by atoms with Crippen LogP contribution < -0.4 is 5.73 Å². The SMILES string of the molecule is NCCC(F)Cc1ccc(F)cc1Br. The molecule has 0 aliphatic carbocycles. The van der Waals surface area contributed by atoms with E-state index in [2.05, 4.69) is 15.9 Å². The van der Waals surface area contributed by atoms with Gasteiger partial charge in [0.25, 0.3) is 0 Å². The van der Waals surface area contributed by atoms with E-state index in [9.17, 15) is 8.78 Å². The summed E-state index contributed by atoms with van der Waals surface area (Å²) in [5.41, 5.74) is 6.00. The summed E-state index contributed by atoms with van der Waals surface area (Å²) in [6.07, 6.45) is -0.344. The van der Waals surface area contributed by atoms with Crippen molar-refractivity contribution in [2.24, 2.45) is 5.73 Å². The van der Waals surface area contributed by atoms with Gasteiger partial charge in [0, 0.05) is 10.9 Å². The molecule has 1 nitrogen and oxygen atoms in total. The molecule has 1 atom stereocenters. The first-order valence-electron chi connectivity index (χ1n) is 4.41. The van der Waals surface area contributed by atoms with E-state index in [0.29, 0.717) is 17.4 Å². The molecule has 14 heavy (non-hydrogen) atoms. The highest BCUT2D eigenvalue weighted by Crippen LogP contribution is 2.20. The number of hydrogen-bond acceptors (Lipinski definition) is 1. The molecule has 4 heteroatoms. The molecule has 0 saturated carbocycles. The third-order valence-electron chi connectivity index (χ3n) is 1.94. The van der Waals surface area contributed by atoms with Crippen molar-refractivity contribution in [2.45, 2.75) is 19.0 Å². The van der Waals surface area contributed by atoms with Gasteiger partial charge < -0.3 is 5.73 Å². The second-order valence-corrected chi connectivity index (χ2v) is 3.97. The Kier molecular flexibility index (Phi) is 4.48. The van der Waals surface area contributed by atoms with Crippen LogP contribution in [-0.4, -0.2) is 12.7 Å². The van der Waals surface area contributed by atoms with E-state index in [4.69, 9.17) is 5.73 Å². The van der Waals surface area contributed by atoms with Gasteiger partial charge in [-0.2, -0.15) is 0 Å². The molecule has 0 aliphatic heterocycles. The van der Waals surface area contributed by atoms with Gasteiger partial charge in [-0.3, -0.25) is 0 Å². The maximum absolute atomic E-state index is 13.2. The van der Waals surface area contributed by atoms with Crippen molar-refractivity contribution in [3.63, 3.8) is 0 Å². The van der Waals surface area contributed by atoms with Gasteiger partial charge in [0.1, 0.15) is 12.0 Å². The minimum Gasteiger partial charge on any atom is -0.330 e. The van der Waals surface area contributed by atoms with Gasteiger partial charge in [0.2, 0.25) is 0 Å². The first-order valence-corrected chi connectivity index (χ1v) is 5.21. The lowest BCUT2D eigenvalue weighted by atomic mass is 10.1. The van der Waals surface area contributed by atoms with E-state index in [1.807, 2.05) is 0 Å². The second-order valence-electron chi connectivity index (χ2n) is 3.11. The van der Waals surface area contributed by atoms with E-state index in [0.717, 1.165) is 5.56 Å². The van der Waals surface area contributed by atoms with Crippen LogP contribution >= 0.6 is 15.9 Å². The summed E-state index contributed by atoms with van der Waals surface area (Å²) in [5.74, 6) is -0.324. The van der Waals surface area contributed by atoms with Gasteiger partial charge in [-0.05, 0) is 30.7 Å². The fourth-order valence-electron chi connectivity index (χ4n) is 1.21. The summed E-state index contributed by atoms with van der Waals surface area (Å²) in [7, 11) is 0. The Bertz CT molecular complexity index is 304. The second kappa shape index (κ2) is 5.41. The number of benzene rings is 1. The minimum absolute atomic E-state index is 0.276. The summed E-state index contributed by atoms with van der Waals surface area (Å²) in [5, 5.41) is 0. The smallest absolute Gasteiger partial charge is 0.124 e. The van der Waals surface area contributed by atoms with Gasteiger partial charge in [0.15, 0.2) is 0 Å². The highest BCUT2D eigenvalue weighted by Gasteiger charge is 2.09. The van der Waals surface area contributed by atoms with Crippen molar-refractivity contribution in [1.82, 2.24) is 0 Å². The number of nitrogens with two attached hydrogens (primary N) is 1. The highest BCUT2D eigenvalue weighted by atomic mass is 79.9. The Morgan fingerprint density at radius 1 is 1.43 bits per heavy atom. The topological polar surface area (TPSA) is 26.0 Å². The maximum Gasteiger partial charge on any atom is 0.124 e. The Morgan fingerprint density at radius 3 is 2.71 bits per heavy atom. The number of hydrogen-bond donors (Lipinski definition) is 1. The summed E-state index contributed by atoms with van der Waals surface area (Å²) < 4.78 is 26.5. The third kappa shape index (κ3) is 3.35. The summed E-state index contributed by atoms with van der Waals surface area (Å²) >= 11 is 3.19. The Balaban J connectivity index is 2.67. The Hall–Kier alpha value is -0.480. The molecular weight excluding hydrogens is 252 g/mol. The number of rotatable bonds is 4. The predicted octanol–water partition coefficient (Wildman–Crippen LogP) is 2.82. The van der Waals surface area contributed by atoms with Crippen molar-refractivity contribution in [3.05, 3.63) is 34.1 Å². The zero-order chi connectivity index (χ0) is 10.6. The summed E-state index contributed by atoms with van der Waals surface area (Å²) in [6.45, 7) is 0.333. The van der Waals surface area contributed by atoms with Crippen molar-refractivity contribution < 1.29 is 8.78 Å².